The lowest BCUT2D eigenvalue weighted by Gasteiger charge is -2.26. The Hall–Kier alpha value is -2.25. The summed E-state index contributed by atoms with van der Waals surface area (Å²) in [5, 5.41) is 7.72. The zero-order chi connectivity index (χ0) is 14.1. The number of nitrogens with one attached hydrogen (secondary N) is 1. The van der Waals surface area contributed by atoms with Gasteiger partial charge in [-0.25, -0.2) is 14.5 Å². The van der Waals surface area contributed by atoms with Crippen molar-refractivity contribution < 1.29 is 4.42 Å². The lowest BCUT2D eigenvalue weighted by Crippen LogP contribution is -2.43. The van der Waals surface area contributed by atoms with E-state index in [4.69, 9.17) is 4.42 Å². The largest absolute Gasteiger partial charge is 0.461 e. The van der Waals surface area contributed by atoms with E-state index in [1.807, 2.05) is 18.2 Å². The number of aromatic nitrogens is 4. The van der Waals surface area contributed by atoms with Crippen LogP contribution in [0.4, 0.5) is 0 Å². The third kappa shape index (κ3) is 2.53. The summed E-state index contributed by atoms with van der Waals surface area (Å²) < 4.78 is 7.01. The number of nitrogens with zero attached hydrogens (tertiary/aromatic N) is 5. The molecule has 1 aliphatic heterocycles. The van der Waals surface area contributed by atoms with Gasteiger partial charge in [-0.05, 0) is 12.1 Å². The van der Waals surface area contributed by atoms with Gasteiger partial charge in [0.05, 0.1) is 12.0 Å². The Bertz CT molecular complexity index is 729. The molecule has 108 valence electrons. The van der Waals surface area contributed by atoms with Crippen LogP contribution in [0.1, 0.15) is 5.69 Å². The summed E-state index contributed by atoms with van der Waals surface area (Å²) in [6, 6.07) is 5.67. The molecule has 21 heavy (non-hydrogen) atoms. The predicted molar refractivity (Wildman–Crippen MR) is 76.6 cm³/mol. The van der Waals surface area contributed by atoms with Crippen LogP contribution in [0.5, 0.6) is 0 Å². The third-order valence-corrected chi connectivity index (χ3v) is 3.62. The van der Waals surface area contributed by atoms with Crippen molar-refractivity contribution in [1.29, 1.82) is 0 Å². The van der Waals surface area contributed by atoms with E-state index in [9.17, 15) is 0 Å². The highest BCUT2D eigenvalue weighted by Gasteiger charge is 2.13. The highest BCUT2D eigenvalue weighted by Crippen LogP contribution is 2.16. The molecule has 0 saturated carbocycles. The highest BCUT2D eigenvalue weighted by atomic mass is 16.3. The van der Waals surface area contributed by atoms with Gasteiger partial charge >= 0.3 is 0 Å². The van der Waals surface area contributed by atoms with E-state index in [1.165, 1.54) is 0 Å². The van der Waals surface area contributed by atoms with Crippen molar-refractivity contribution in [3.05, 3.63) is 36.5 Å². The van der Waals surface area contributed by atoms with Crippen LogP contribution in [0, 0.1) is 0 Å². The van der Waals surface area contributed by atoms with Crippen LogP contribution in [-0.4, -0.2) is 50.7 Å². The van der Waals surface area contributed by atoms with Gasteiger partial charge in [0.15, 0.2) is 11.4 Å². The average Bonchev–Trinajstić information content (AvgIpc) is 3.17. The Morgan fingerprint density at radius 2 is 2.19 bits per heavy atom. The van der Waals surface area contributed by atoms with Gasteiger partial charge in [-0.2, -0.15) is 0 Å². The van der Waals surface area contributed by atoms with Gasteiger partial charge in [-0.15, -0.1) is 5.10 Å². The first-order chi connectivity index (χ1) is 10.4. The van der Waals surface area contributed by atoms with Crippen LogP contribution in [0.15, 0.2) is 35.2 Å². The Labute approximate surface area is 121 Å². The first kappa shape index (κ1) is 12.5. The van der Waals surface area contributed by atoms with E-state index < -0.39 is 0 Å². The molecule has 1 N–H and O–H groups in total. The van der Waals surface area contributed by atoms with Gasteiger partial charge in [0, 0.05) is 38.8 Å². The average molecular weight is 284 g/mol. The zero-order valence-electron chi connectivity index (χ0n) is 11.6. The Morgan fingerprint density at radius 1 is 1.29 bits per heavy atom. The first-order valence-corrected chi connectivity index (χ1v) is 7.07. The molecule has 4 heterocycles. The second kappa shape index (κ2) is 5.27. The summed E-state index contributed by atoms with van der Waals surface area (Å²) >= 11 is 0. The van der Waals surface area contributed by atoms with Gasteiger partial charge in [0.1, 0.15) is 6.33 Å². The highest BCUT2D eigenvalue weighted by molar-refractivity contribution is 5.51. The number of piperazine rings is 1. The summed E-state index contributed by atoms with van der Waals surface area (Å²) in [5.41, 5.74) is 1.81. The molecule has 0 spiro atoms. The molecule has 3 aromatic rings. The SMILES string of the molecule is c1coc(-c2nc3cc(CN4CCNCC4)ncn3n2)c1. The number of furan rings is 1. The molecule has 1 saturated heterocycles. The molecule has 0 aromatic carbocycles. The molecule has 7 heteroatoms. The zero-order valence-corrected chi connectivity index (χ0v) is 11.6. The lowest BCUT2D eigenvalue weighted by atomic mass is 10.3. The molecule has 1 aliphatic rings. The summed E-state index contributed by atoms with van der Waals surface area (Å²) in [4.78, 5) is 11.3. The van der Waals surface area contributed by atoms with E-state index >= 15 is 0 Å². The standard InChI is InChI=1S/C14H16N6O/c1-2-12(21-7-1)14-17-13-8-11(16-10-20(13)18-14)9-19-5-3-15-4-6-19/h1-2,7-8,10,15H,3-6,9H2. The summed E-state index contributed by atoms with van der Waals surface area (Å²) in [7, 11) is 0. The minimum atomic E-state index is 0.584. The molecule has 0 unspecified atom stereocenters. The fraction of sp³-hybridized carbons (Fsp3) is 0.357. The van der Waals surface area contributed by atoms with Crippen molar-refractivity contribution in [3.8, 4) is 11.6 Å². The van der Waals surface area contributed by atoms with Crippen molar-refractivity contribution in [1.82, 2.24) is 29.8 Å². The van der Waals surface area contributed by atoms with E-state index in [0.717, 1.165) is 44.1 Å². The second-order valence-corrected chi connectivity index (χ2v) is 5.12. The summed E-state index contributed by atoms with van der Waals surface area (Å²) in [6.07, 6.45) is 3.33. The van der Waals surface area contributed by atoms with Crippen molar-refractivity contribution >= 4 is 5.65 Å². The molecule has 7 nitrogen and oxygen atoms in total. The van der Waals surface area contributed by atoms with Gasteiger partial charge in [-0.1, -0.05) is 0 Å². The number of fused-ring (bicyclic) bond motifs is 1. The molecule has 0 amide bonds. The minimum Gasteiger partial charge on any atom is -0.461 e. The normalized spacial score (nSPS) is 16.6. The third-order valence-electron chi connectivity index (χ3n) is 3.62. The van der Waals surface area contributed by atoms with Crippen LogP contribution in [0.3, 0.4) is 0 Å². The molecule has 0 radical (unpaired) electrons. The van der Waals surface area contributed by atoms with Crippen LogP contribution < -0.4 is 5.32 Å². The van der Waals surface area contributed by atoms with Crippen molar-refractivity contribution in [2.24, 2.45) is 0 Å². The molecular formula is C14H16N6O. The fourth-order valence-electron chi connectivity index (χ4n) is 2.53. The van der Waals surface area contributed by atoms with E-state index in [-0.39, 0.29) is 0 Å². The molecular weight excluding hydrogens is 268 g/mol. The van der Waals surface area contributed by atoms with Crippen molar-refractivity contribution in [3.63, 3.8) is 0 Å². The maximum absolute atomic E-state index is 5.33. The van der Waals surface area contributed by atoms with E-state index in [2.05, 4.69) is 25.3 Å². The summed E-state index contributed by atoms with van der Waals surface area (Å²) in [6.45, 7) is 5.03. The van der Waals surface area contributed by atoms with Crippen LogP contribution in [0.2, 0.25) is 0 Å². The van der Waals surface area contributed by atoms with Gasteiger partial charge < -0.3 is 9.73 Å². The van der Waals surface area contributed by atoms with Gasteiger partial charge in [-0.3, -0.25) is 4.90 Å². The Morgan fingerprint density at radius 3 is 3.00 bits per heavy atom. The number of hydrogen-bond donors (Lipinski definition) is 1. The monoisotopic (exact) mass is 284 g/mol. The maximum atomic E-state index is 5.33. The minimum absolute atomic E-state index is 0.584. The fourth-order valence-corrected chi connectivity index (χ4v) is 2.53. The lowest BCUT2D eigenvalue weighted by molar-refractivity contribution is 0.230. The second-order valence-electron chi connectivity index (χ2n) is 5.12. The van der Waals surface area contributed by atoms with Crippen LogP contribution in [0.25, 0.3) is 17.2 Å². The predicted octanol–water partition coefficient (Wildman–Crippen LogP) is 0.789. The summed E-state index contributed by atoms with van der Waals surface area (Å²) in [5.74, 6) is 1.25. The Balaban J connectivity index is 1.60. The van der Waals surface area contributed by atoms with E-state index in [0.29, 0.717) is 11.6 Å². The quantitative estimate of drug-likeness (QED) is 0.766. The molecule has 0 atom stereocenters. The first-order valence-electron chi connectivity index (χ1n) is 7.07. The molecule has 0 aliphatic carbocycles. The Kier molecular flexibility index (Phi) is 3.13. The topological polar surface area (TPSA) is 71.5 Å². The number of hydrogen-bond acceptors (Lipinski definition) is 6. The van der Waals surface area contributed by atoms with Crippen molar-refractivity contribution in [2.75, 3.05) is 26.2 Å². The maximum Gasteiger partial charge on any atom is 0.217 e. The molecule has 0 bridgehead atoms. The molecule has 3 aromatic heterocycles. The van der Waals surface area contributed by atoms with Gasteiger partial charge in [0.25, 0.3) is 0 Å². The molecule has 1 fully saturated rings. The number of rotatable bonds is 3. The van der Waals surface area contributed by atoms with Gasteiger partial charge in [0.2, 0.25) is 5.82 Å². The van der Waals surface area contributed by atoms with Crippen LogP contribution in [-0.2, 0) is 6.54 Å². The smallest absolute Gasteiger partial charge is 0.217 e. The molecule has 4 rings (SSSR count). The van der Waals surface area contributed by atoms with Crippen LogP contribution >= 0.6 is 0 Å². The van der Waals surface area contributed by atoms with E-state index in [1.54, 1.807) is 17.1 Å². The van der Waals surface area contributed by atoms with Crippen molar-refractivity contribution in [2.45, 2.75) is 6.54 Å².